The molecule has 0 aromatic heterocycles. The second kappa shape index (κ2) is 6.20. The first-order valence-corrected chi connectivity index (χ1v) is 7.58. The van der Waals surface area contributed by atoms with Crippen LogP contribution in [0.2, 0.25) is 0 Å². The van der Waals surface area contributed by atoms with E-state index in [1.807, 2.05) is 16.9 Å². The standard InChI is InChI=1S/C10H12INO4S/c1-2-17(14,15)12-10(13)7-16-9-5-3-8(11)4-6-9/h3-6H,2,7H2,1H3,(H,12,13). The van der Waals surface area contributed by atoms with Crippen molar-refractivity contribution in [1.29, 1.82) is 0 Å². The zero-order valence-corrected chi connectivity index (χ0v) is 12.1. The van der Waals surface area contributed by atoms with Crippen LogP contribution in [-0.2, 0) is 14.8 Å². The summed E-state index contributed by atoms with van der Waals surface area (Å²) in [6.07, 6.45) is 0. The summed E-state index contributed by atoms with van der Waals surface area (Å²) in [5.41, 5.74) is 0. The summed E-state index contributed by atoms with van der Waals surface area (Å²) < 4.78 is 30.2. The van der Waals surface area contributed by atoms with Crippen LogP contribution in [0.3, 0.4) is 0 Å². The normalized spacial score (nSPS) is 10.9. The van der Waals surface area contributed by atoms with Gasteiger partial charge in [-0.25, -0.2) is 8.42 Å². The lowest BCUT2D eigenvalue weighted by molar-refractivity contribution is -0.121. The van der Waals surface area contributed by atoms with E-state index in [1.165, 1.54) is 6.92 Å². The van der Waals surface area contributed by atoms with Gasteiger partial charge in [0.2, 0.25) is 10.0 Å². The molecule has 1 aromatic rings. The molecule has 0 heterocycles. The van der Waals surface area contributed by atoms with Gasteiger partial charge in [-0.1, -0.05) is 0 Å². The van der Waals surface area contributed by atoms with E-state index in [4.69, 9.17) is 4.74 Å². The van der Waals surface area contributed by atoms with Crippen molar-refractivity contribution in [3.8, 4) is 5.75 Å². The number of nitrogens with one attached hydrogen (secondary N) is 1. The summed E-state index contributed by atoms with van der Waals surface area (Å²) in [7, 11) is -3.51. The van der Waals surface area contributed by atoms with Crippen molar-refractivity contribution in [2.45, 2.75) is 6.92 Å². The highest BCUT2D eigenvalue weighted by atomic mass is 127. The Hall–Kier alpha value is -0.830. The van der Waals surface area contributed by atoms with Gasteiger partial charge in [0.05, 0.1) is 5.75 Å². The van der Waals surface area contributed by atoms with Crippen molar-refractivity contribution < 1.29 is 17.9 Å². The molecule has 5 nitrogen and oxygen atoms in total. The van der Waals surface area contributed by atoms with E-state index in [1.54, 1.807) is 12.1 Å². The molecule has 0 fully saturated rings. The highest BCUT2D eigenvalue weighted by Gasteiger charge is 2.12. The number of sulfonamides is 1. The van der Waals surface area contributed by atoms with Gasteiger partial charge in [0.1, 0.15) is 5.75 Å². The van der Waals surface area contributed by atoms with Crippen LogP contribution < -0.4 is 9.46 Å². The molecule has 0 atom stereocenters. The third-order valence-corrected chi connectivity index (χ3v) is 3.85. The number of benzene rings is 1. The monoisotopic (exact) mass is 369 g/mol. The average Bonchev–Trinajstić information content (AvgIpc) is 2.28. The number of carbonyl (C=O) groups is 1. The van der Waals surface area contributed by atoms with Gasteiger partial charge >= 0.3 is 0 Å². The minimum atomic E-state index is -3.51. The van der Waals surface area contributed by atoms with Gasteiger partial charge in [0, 0.05) is 3.57 Å². The zero-order chi connectivity index (χ0) is 12.9. The van der Waals surface area contributed by atoms with E-state index >= 15 is 0 Å². The summed E-state index contributed by atoms with van der Waals surface area (Å²) in [4.78, 5) is 11.2. The number of carbonyl (C=O) groups excluding carboxylic acids is 1. The maximum atomic E-state index is 11.2. The second-order valence-electron chi connectivity index (χ2n) is 3.17. The predicted octanol–water partition coefficient (Wildman–Crippen LogP) is 1.14. The van der Waals surface area contributed by atoms with Crippen LogP contribution >= 0.6 is 22.6 Å². The molecular weight excluding hydrogens is 357 g/mol. The van der Waals surface area contributed by atoms with Crippen LogP contribution in [0.5, 0.6) is 5.75 Å². The lowest BCUT2D eigenvalue weighted by Crippen LogP contribution is -2.35. The number of hydrogen-bond donors (Lipinski definition) is 1. The minimum absolute atomic E-state index is 0.137. The van der Waals surface area contributed by atoms with E-state index in [2.05, 4.69) is 22.6 Å². The minimum Gasteiger partial charge on any atom is -0.484 e. The molecule has 17 heavy (non-hydrogen) atoms. The quantitative estimate of drug-likeness (QED) is 0.791. The molecular formula is C10H12INO4S. The topological polar surface area (TPSA) is 72.5 Å². The maximum Gasteiger partial charge on any atom is 0.271 e. The summed E-state index contributed by atoms with van der Waals surface area (Å²) in [5.74, 6) is -0.290. The largest absolute Gasteiger partial charge is 0.484 e. The first kappa shape index (κ1) is 14.2. The van der Waals surface area contributed by atoms with Crippen molar-refractivity contribution in [3.63, 3.8) is 0 Å². The molecule has 0 aliphatic carbocycles. The van der Waals surface area contributed by atoms with Gasteiger partial charge in [0.15, 0.2) is 6.61 Å². The fourth-order valence-corrected chi connectivity index (χ4v) is 1.86. The molecule has 1 aromatic carbocycles. The van der Waals surface area contributed by atoms with Crippen molar-refractivity contribution >= 4 is 38.5 Å². The molecule has 0 saturated carbocycles. The van der Waals surface area contributed by atoms with Gasteiger partial charge in [-0.15, -0.1) is 0 Å². The first-order chi connectivity index (χ1) is 7.93. The van der Waals surface area contributed by atoms with Crippen molar-refractivity contribution in [1.82, 2.24) is 4.72 Å². The number of ether oxygens (including phenoxy) is 1. The average molecular weight is 369 g/mol. The number of rotatable bonds is 5. The van der Waals surface area contributed by atoms with Crippen molar-refractivity contribution in [2.75, 3.05) is 12.4 Å². The molecule has 0 radical (unpaired) electrons. The molecule has 0 bridgehead atoms. The van der Waals surface area contributed by atoms with E-state index in [0.29, 0.717) is 5.75 Å². The molecule has 1 amide bonds. The summed E-state index contributed by atoms with van der Waals surface area (Å²) >= 11 is 2.15. The van der Waals surface area contributed by atoms with E-state index in [0.717, 1.165) is 3.57 Å². The van der Waals surface area contributed by atoms with E-state index in [9.17, 15) is 13.2 Å². The van der Waals surface area contributed by atoms with E-state index < -0.39 is 15.9 Å². The van der Waals surface area contributed by atoms with Crippen LogP contribution in [0.4, 0.5) is 0 Å². The van der Waals surface area contributed by atoms with Crippen LogP contribution in [0.1, 0.15) is 6.92 Å². The molecule has 0 spiro atoms. The van der Waals surface area contributed by atoms with Gasteiger partial charge in [0.25, 0.3) is 5.91 Å². The van der Waals surface area contributed by atoms with E-state index in [-0.39, 0.29) is 12.4 Å². The van der Waals surface area contributed by atoms with Gasteiger partial charge in [-0.05, 0) is 53.8 Å². The van der Waals surface area contributed by atoms with Crippen molar-refractivity contribution in [2.24, 2.45) is 0 Å². The first-order valence-electron chi connectivity index (χ1n) is 4.84. The molecule has 0 saturated heterocycles. The Labute approximate surface area is 114 Å². The predicted molar refractivity (Wildman–Crippen MR) is 72.3 cm³/mol. The lowest BCUT2D eigenvalue weighted by atomic mass is 10.3. The van der Waals surface area contributed by atoms with Crippen molar-refractivity contribution in [3.05, 3.63) is 27.8 Å². The Bertz CT molecular complexity index is 484. The lowest BCUT2D eigenvalue weighted by Gasteiger charge is -2.07. The summed E-state index contributed by atoms with van der Waals surface area (Å²) in [6, 6.07) is 7.08. The van der Waals surface area contributed by atoms with Crippen LogP contribution in [0, 0.1) is 3.57 Å². The fraction of sp³-hybridized carbons (Fsp3) is 0.300. The van der Waals surface area contributed by atoms with Gasteiger partial charge < -0.3 is 4.74 Å². The molecule has 0 unspecified atom stereocenters. The second-order valence-corrected chi connectivity index (χ2v) is 6.43. The van der Waals surface area contributed by atoms with Crippen LogP contribution in [0.25, 0.3) is 0 Å². The molecule has 7 heteroatoms. The number of amides is 1. The van der Waals surface area contributed by atoms with Crippen LogP contribution in [-0.4, -0.2) is 26.7 Å². The number of hydrogen-bond acceptors (Lipinski definition) is 4. The SMILES string of the molecule is CCS(=O)(=O)NC(=O)COc1ccc(I)cc1. The Morgan fingerprint density at radius 3 is 2.47 bits per heavy atom. The Morgan fingerprint density at radius 2 is 1.94 bits per heavy atom. The third kappa shape index (κ3) is 5.35. The zero-order valence-electron chi connectivity index (χ0n) is 9.14. The molecule has 0 aliphatic heterocycles. The summed E-state index contributed by atoms with van der Waals surface area (Å²) in [6.45, 7) is 1.13. The Morgan fingerprint density at radius 1 is 1.35 bits per heavy atom. The van der Waals surface area contributed by atoms with Crippen LogP contribution in [0.15, 0.2) is 24.3 Å². The molecule has 1 rings (SSSR count). The smallest absolute Gasteiger partial charge is 0.271 e. The Balaban J connectivity index is 2.46. The Kier molecular flexibility index (Phi) is 5.19. The number of halogens is 1. The molecule has 0 aliphatic rings. The molecule has 94 valence electrons. The highest BCUT2D eigenvalue weighted by Crippen LogP contribution is 2.13. The summed E-state index contributed by atoms with van der Waals surface area (Å²) in [5, 5.41) is 0. The van der Waals surface area contributed by atoms with Gasteiger partial charge in [-0.2, -0.15) is 0 Å². The third-order valence-electron chi connectivity index (χ3n) is 1.83. The van der Waals surface area contributed by atoms with Gasteiger partial charge in [-0.3, -0.25) is 9.52 Å². The maximum absolute atomic E-state index is 11.2. The highest BCUT2D eigenvalue weighted by molar-refractivity contribution is 14.1. The molecule has 1 N–H and O–H groups in total. The fourth-order valence-electron chi connectivity index (χ4n) is 0.955.